The van der Waals surface area contributed by atoms with E-state index in [9.17, 15) is 0 Å². The van der Waals surface area contributed by atoms with Crippen molar-refractivity contribution in [3.8, 4) is 0 Å². The molecule has 1 aromatic carbocycles. The van der Waals surface area contributed by atoms with Crippen LogP contribution in [-0.2, 0) is 19.5 Å². The van der Waals surface area contributed by atoms with Crippen LogP contribution in [0.3, 0.4) is 0 Å². The van der Waals surface area contributed by atoms with Crippen molar-refractivity contribution in [2.45, 2.75) is 32.4 Å². The molecule has 0 bridgehead atoms. The third-order valence-electron chi connectivity index (χ3n) is 3.85. The van der Waals surface area contributed by atoms with Crippen LogP contribution in [0.5, 0.6) is 0 Å². The molecule has 1 aliphatic heterocycles. The molecule has 20 heavy (non-hydrogen) atoms. The smallest absolute Gasteiger partial charge is 0.0972 e. The normalized spacial score (nSPS) is 16.9. The highest BCUT2D eigenvalue weighted by Crippen LogP contribution is 2.29. The first-order valence-corrected chi connectivity index (χ1v) is 8.02. The first kappa shape index (κ1) is 13.7. The van der Waals surface area contributed by atoms with Gasteiger partial charge in [-0.2, -0.15) is 0 Å². The first-order valence-electron chi connectivity index (χ1n) is 7.21. The molecule has 1 aromatic heterocycles. The van der Waals surface area contributed by atoms with Crippen LogP contribution in [0.15, 0.2) is 30.3 Å². The zero-order chi connectivity index (χ0) is 13.9. The highest BCUT2D eigenvalue weighted by atomic mass is 32.1. The molecule has 1 aliphatic rings. The molecule has 0 aliphatic carbocycles. The first-order chi connectivity index (χ1) is 9.76. The van der Waals surface area contributed by atoms with Gasteiger partial charge in [0.15, 0.2) is 0 Å². The Morgan fingerprint density at radius 1 is 1.35 bits per heavy atom. The maximum Gasteiger partial charge on any atom is 0.0972 e. The van der Waals surface area contributed by atoms with Crippen LogP contribution in [0.1, 0.15) is 34.0 Å². The van der Waals surface area contributed by atoms with Crippen LogP contribution in [0.25, 0.3) is 0 Å². The summed E-state index contributed by atoms with van der Waals surface area (Å²) in [6.45, 7) is 5.99. The predicted octanol–water partition coefficient (Wildman–Crippen LogP) is 2.76. The van der Waals surface area contributed by atoms with Gasteiger partial charge in [-0.05, 0) is 5.56 Å². The van der Waals surface area contributed by atoms with Crippen LogP contribution < -0.4 is 5.73 Å². The van der Waals surface area contributed by atoms with Gasteiger partial charge in [-0.15, -0.1) is 11.3 Å². The number of thiazole rings is 1. The van der Waals surface area contributed by atoms with Crippen molar-refractivity contribution in [1.82, 2.24) is 9.88 Å². The second-order valence-corrected chi connectivity index (χ2v) is 6.62. The van der Waals surface area contributed by atoms with Crippen LogP contribution >= 0.6 is 11.3 Å². The van der Waals surface area contributed by atoms with E-state index >= 15 is 0 Å². The van der Waals surface area contributed by atoms with E-state index in [0.717, 1.165) is 26.1 Å². The topological polar surface area (TPSA) is 42.1 Å². The summed E-state index contributed by atoms with van der Waals surface area (Å²) in [5.41, 5.74) is 8.43. The number of aromatic nitrogens is 1. The molecule has 0 amide bonds. The van der Waals surface area contributed by atoms with Gasteiger partial charge in [0, 0.05) is 43.4 Å². The van der Waals surface area contributed by atoms with Crippen molar-refractivity contribution >= 4 is 11.3 Å². The molecular weight excluding hydrogens is 266 g/mol. The van der Waals surface area contributed by atoms with Crippen molar-refractivity contribution in [3.63, 3.8) is 0 Å². The average Bonchev–Trinajstić information content (AvgIpc) is 2.90. The SMILES string of the molecule is CC(CN)c1nc2c(s1)CN(Cc1ccccc1)CC2. The molecule has 106 valence electrons. The second kappa shape index (κ2) is 6.04. The number of benzene rings is 1. The quantitative estimate of drug-likeness (QED) is 0.940. The fraction of sp³-hybridized carbons (Fsp3) is 0.438. The van der Waals surface area contributed by atoms with Crippen molar-refractivity contribution in [3.05, 3.63) is 51.5 Å². The number of fused-ring (bicyclic) bond motifs is 1. The molecular formula is C16H21N3S. The van der Waals surface area contributed by atoms with E-state index in [1.54, 1.807) is 0 Å². The highest BCUT2D eigenvalue weighted by Gasteiger charge is 2.22. The Bertz CT molecular complexity index is 564. The lowest BCUT2D eigenvalue weighted by molar-refractivity contribution is 0.247. The number of hydrogen-bond donors (Lipinski definition) is 1. The summed E-state index contributed by atoms with van der Waals surface area (Å²) in [5.74, 6) is 0.383. The maximum absolute atomic E-state index is 5.75. The van der Waals surface area contributed by atoms with Gasteiger partial charge in [0.2, 0.25) is 0 Å². The number of hydrogen-bond acceptors (Lipinski definition) is 4. The van der Waals surface area contributed by atoms with Crippen LogP contribution in [0.2, 0.25) is 0 Å². The minimum atomic E-state index is 0.383. The summed E-state index contributed by atoms with van der Waals surface area (Å²) in [7, 11) is 0. The van der Waals surface area contributed by atoms with Gasteiger partial charge < -0.3 is 5.73 Å². The van der Waals surface area contributed by atoms with Crippen molar-refractivity contribution in [1.29, 1.82) is 0 Å². The van der Waals surface area contributed by atoms with Gasteiger partial charge in [-0.3, -0.25) is 4.90 Å². The summed E-state index contributed by atoms with van der Waals surface area (Å²) in [6.07, 6.45) is 1.07. The Morgan fingerprint density at radius 3 is 2.90 bits per heavy atom. The molecule has 0 saturated heterocycles. The van der Waals surface area contributed by atoms with Gasteiger partial charge in [-0.25, -0.2) is 4.98 Å². The number of nitrogens with zero attached hydrogens (tertiary/aromatic N) is 2. The second-order valence-electron chi connectivity index (χ2n) is 5.50. The molecule has 2 heterocycles. The molecule has 3 nitrogen and oxygen atoms in total. The molecule has 1 atom stereocenters. The van der Waals surface area contributed by atoms with E-state index in [1.165, 1.54) is 21.1 Å². The lowest BCUT2D eigenvalue weighted by Gasteiger charge is -2.25. The lowest BCUT2D eigenvalue weighted by Crippen LogP contribution is -2.29. The predicted molar refractivity (Wildman–Crippen MR) is 83.8 cm³/mol. The summed E-state index contributed by atoms with van der Waals surface area (Å²) in [6, 6.07) is 10.7. The van der Waals surface area contributed by atoms with Crippen molar-refractivity contribution < 1.29 is 0 Å². The maximum atomic E-state index is 5.75. The Labute approximate surface area is 124 Å². The summed E-state index contributed by atoms with van der Waals surface area (Å²) in [5, 5.41) is 1.21. The fourth-order valence-electron chi connectivity index (χ4n) is 2.56. The third-order valence-corrected chi connectivity index (χ3v) is 5.16. The Hall–Kier alpha value is -1.23. The van der Waals surface area contributed by atoms with Gasteiger partial charge in [0.1, 0.15) is 0 Å². The monoisotopic (exact) mass is 287 g/mol. The molecule has 2 aromatic rings. The van der Waals surface area contributed by atoms with E-state index in [-0.39, 0.29) is 0 Å². The Morgan fingerprint density at radius 2 is 2.15 bits per heavy atom. The third kappa shape index (κ3) is 2.92. The Balaban J connectivity index is 1.70. The van der Waals surface area contributed by atoms with E-state index in [2.05, 4.69) is 42.2 Å². The lowest BCUT2D eigenvalue weighted by atomic mass is 10.1. The van der Waals surface area contributed by atoms with Gasteiger partial charge in [-0.1, -0.05) is 37.3 Å². The van der Waals surface area contributed by atoms with Crippen molar-refractivity contribution in [2.24, 2.45) is 5.73 Å². The molecule has 1 unspecified atom stereocenters. The molecule has 4 heteroatoms. The van der Waals surface area contributed by atoms with Gasteiger partial charge in [0.25, 0.3) is 0 Å². The number of rotatable bonds is 4. The largest absolute Gasteiger partial charge is 0.330 e. The zero-order valence-electron chi connectivity index (χ0n) is 11.9. The van der Waals surface area contributed by atoms with E-state index < -0.39 is 0 Å². The van der Waals surface area contributed by atoms with Gasteiger partial charge in [0.05, 0.1) is 10.7 Å². The highest BCUT2D eigenvalue weighted by molar-refractivity contribution is 7.11. The zero-order valence-corrected chi connectivity index (χ0v) is 12.7. The summed E-state index contributed by atoms with van der Waals surface area (Å²) in [4.78, 5) is 8.71. The molecule has 3 rings (SSSR count). The molecule has 0 fully saturated rings. The fourth-order valence-corrected chi connectivity index (χ4v) is 3.77. The molecule has 2 N–H and O–H groups in total. The summed E-state index contributed by atoms with van der Waals surface area (Å²) < 4.78 is 0. The molecule has 0 radical (unpaired) electrons. The molecule has 0 saturated carbocycles. The minimum Gasteiger partial charge on any atom is -0.330 e. The Kier molecular flexibility index (Phi) is 4.15. The minimum absolute atomic E-state index is 0.383. The average molecular weight is 287 g/mol. The number of nitrogens with two attached hydrogens (primary N) is 1. The van der Waals surface area contributed by atoms with E-state index in [4.69, 9.17) is 10.7 Å². The standard InChI is InChI=1S/C16H21N3S/c1-12(9-17)16-18-14-7-8-19(11-15(14)20-16)10-13-5-3-2-4-6-13/h2-6,12H,7-11,17H2,1H3. The van der Waals surface area contributed by atoms with Crippen LogP contribution in [0.4, 0.5) is 0 Å². The van der Waals surface area contributed by atoms with Crippen LogP contribution in [-0.4, -0.2) is 23.0 Å². The van der Waals surface area contributed by atoms with E-state index in [0.29, 0.717) is 12.5 Å². The summed E-state index contributed by atoms with van der Waals surface area (Å²) >= 11 is 1.85. The van der Waals surface area contributed by atoms with E-state index in [1.807, 2.05) is 11.3 Å². The molecule has 0 spiro atoms. The van der Waals surface area contributed by atoms with Crippen LogP contribution in [0, 0.1) is 0 Å². The van der Waals surface area contributed by atoms with Gasteiger partial charge >= 0.3 is 0 Å². The van der Waals surface area contributed by atoms with Crippen molar-refractivity contribution in [2.75, 3.05) is 13.1 Å².